The third-order valence-corrected chi connectivity index (χ3v) is 6.06. The predicted molar refractivity (Wildman–Crippen MR) is 85.7 cm³/mol. The Morgan fingerprint density at radius 1 is 1.14 bits per heavy atom. The molecule has 0 radical (unpaired) electrons. The third-order valence-electron chi connectivity index (χ3n) is 3.59. The highest BCUT2D eigenvalue weighted by atomic mass is 35.5. The first-order valence-electron chi connectivity index (χ1n) is 6.49. The smallest absolute Gasteiger partial charge is 0.264 e. The summed E-state index contributed by atoms with van der Waals surface area (Å²) in [6.07, 6.45) is 0.728. The van der Waals surface area contributed by atoms with Crippen molar-refractivity contribution in [3.63, 3.8) is 0 Å². The molecule has 0 bridgehead atoms. The van der Waals surface area contributed by atoms with Crippen molar-refractivity contribution in [2.75, 3.05) is 10.8 Å². The normalized spacial score (nSPS) is 14.3. The monoisotopic (exact) mass is 341 g/mol. The zero-order valence-corrected chi connectivity index (χ0v) is 13.4. The van der Waals surface area contributed by atoms with Crippen LogP contribution >= 0.6 is 23.2 Å². The summed E-state index contributed by atoms with van der Waals surface area (Å²) < 4.78 is 27.1. The van der Waals surface area contributed by atoms with Gasteiger partial charge in [0.1, 0.15) is 0 Å². The first kappa shape index (κ1) is 14.7. The molecule has 0 saturated carbocycles. The maximum Gasteiger partial charge on any atom is 0.264 e. The molecular weight excluding hydrogens is 329 g/mol. The van der Waals surface area contributed by atoms with Gasteiger partial charge in [0.15, 0.2) is 0 Å². The summed E-state index contributed by atoms with van der Waals surface area (Å²) in [5.41, 5.74) is 2.42. The fraction of sp³-hybridized carbons (Fsp3) is 0.200. The molecule has 3 rings (SSSR count). The van der Waals surface area contributed by atoms with Crippen LogP contribution in [0.2, 0.25) is 5.02 Å². The first-order chi connectivity index (χ1) is 10.0. The molecule has 1 aliphatic rings. The lowest BCUT2D eigenvalue weighted by Gasteiger charge is -2.20. The van der Waals surface area contributed by atoms with Crippen molar-refractivity contribution in [2.24, 2.45) is 0 Å². The summed E-state index contributed by atoms with van der Waals surface area (Å²) in [5, 5.41) is 0.478. The van der Waals surface area contributed by atoms with E-state index >= 15 is 0 Å². The number of para-hydroxylation sites is 1. The van der Waals surface area contributed by atoms with E-state index in [2.05, 4.69) is 0 Å². The molecule has 1 aliphatic heterocycles. The van der Waals surface area contributed by atoms with Crippen LogP contribution in [-0.4, -0.2) is 15.0 Å². The van der Waals surface area contributed by atoms with Crippen molar-refractivity contribution < 1.29 is 8.42 Å². The van der Waals surface area contributed by atoms with Gasteiger partial charge >= 0.3 is 0 Å². The van der Waals surface area contributed by atoms with Gasteiger partial charge in [-0.3, -0.25) is 4.31 Å². The van der Waals surface area contributed by atoms with E-state index in [-0.39, 0.29) is 10.8 Å². The number of fused-ring (bicyclic) bond motifs is 1. The minimum Gasteiger partial charge on any atom is -0.266 e. The highest BCUT2D eigenvalue weighted by Gasteiger charge is 2.30. The lowest BCUT2D eigenvalue weighted by molar-refractivity contribution is 0.592. The third kappa shape index (κ3) is 2.52. The van der Waals surface area contributed by atoms with Crippen LogP contribution in [0.25, 0.3) is 0 Å². The van der Waals surface area contributed by atoms with Gasteiger partial charge in [0.2, 0.25) is 0 Å². The van der Waals surface area contributed by atoms with E-state index < -0.39 is 10.0 Å². The van der Waals surface area contributed by atoms with Crippen LogP contribution in [0.15, 0.2) is 47.4 Å². The molecule has 0 spiro atoms. The summed E-state index contributed by atoms with van der Waals surface area (Å²) in [5.74, 6) is 0.179. The van der Waals surface area contributed by atoms with Gasteiger partial charge < -0.3 is 0 Å². The molecule has 110 valence electrons. The Kier molecular flexibility index (Phi) is 3.86. The van der Waals surface area contributed by atoms with Crippen LogP contribution in [0.3, 0.4) is 0 Å². The van der Waals surface area contributed by atoms with Crippen LogP contribution in [0.4, 0.5) is 5.69 Å². The molecule has 6 heteroatoms. The molecule has 0 saturated heterocycles. The number of benzene rings is 2. The van der Waals surface area contributed by atoms with Crippen molar-refractivity contribution in [2.45, 2.75) is 17.2 Å². The Labute approximate surface area is 134 Å². The highest BCUT2D eigenvalue weighted by Crippen LogP contribution is 2.33. The number of sulfonamides is 1. The minimum absolute atomic E-state index is 0.179. The zero-order chi connectivity index (χ0) is 15.0. The van der Waals surface area contributed by atoms with Crippen LogP contribution in [-0.2, 0) is 22.3 Å². The highest BCUT2D eigenvalue weighted by molar-refractivity contribution is 7.92. The molecule has 1 heterocycles. The second kappa shape index (κ2) is 5.52. The SMILES string of the molecule is O=S(=O)(c1ccc(Cl)c(CCl)c1)N1CCc2ccccc21. The number of alkyl halides is 1. The number of hydrogen-bond donors (Lipinski definition) is 0. The van der Waals surface area contributed by atoms with E-state index in [1.54, 1.807) is 12.1 Å². The molecule has 2 aromatic rings. The standard InChI is InChI=1S/C15H13Cl2NO2S/c16-10-12-9-13(5-6-14(12)17)21(19,20)18-8-7-11-3-1-2-4-15(11)18/h1-6,9H,7-8,10H2. The Hall–Kier alpha value is -1.23. The van der Waals surface area contributed by atoms with E-state index in [1.165, 1.54) is 10.4 Å². The molecule has 0 N–H and O–H groups in total. The van der Waals surface area contributed by atoms with Crippen molar-refractivity contribution in [1.82, 2.24) is 0 Å². The number of halogens is 2. The summed E-state index contributed by atoms with van der Waals surface area (Å²) in [6.45, 7) is 0.459. The fourth-order valence-electron chi connectivity index (χ4n) is 2.50. The quantitative estimate of drug-likeness (QED) is 0.795. The van der Waals surface area contributed by atoms with E-state index in [9.17, 15) is 8.42 Å². The van der Waals surface area contributed by atoms with Crippen LogP contribution in [0.1, 0.15) is 11.1 Å². The average molecular weight is 342 g/mol. The maximum atomic E-state index is 12.8. The molecule has 3 nitrogen and oxygen atoms in total. The number of hydrogen-bond acceptors (Lipinski definition) is 2. The second-order valence-electron chi connectivity index (χ2n) is 4.84. The van der Waals surface area contributed by atoms with Crippen LogP contribution in [0, 0.1) is 0 Å². The molecule has 0 aliphatic carbocycles. The van der Waals surface area contributed by atoms with Gasteiger partial charge in [0.25, 0.3) is 10.0 Å². The van der Waals surface area contributed by atoms with E-state index in [4.69, 9.17) is 23.2 Å². The molecule has 21 heavy (non-hydrogen) atoms. The van der Waals surface area contributed by atoms with Crippen molar-refractivity contribution in [3.05, 3.63) is 58.6 Å². The van der Waals surface area contributed by atoms with E-state index in [0.717, 1.165) is 17.7 Å². The molecule has 0 unspecified atom stereocenters. The van der Waals surface area contributed by atoms with Crippen LogP contribution in [0.5, 0.6) is 0 Å². The molecule has 0 aromatic heterocycles. The molecular formula is C15H13Cl2NO2S. The number of nitrogens with zero attached hydrogens (tertiary/aromatic N) is 1. The number of rotatable bonds is 3. The topological polar surface area (TPSA) is 37.4 Å². The summed E-state index contributed by atoms with van der Waals surface area (Å²) in [6, 6.07) is 12.2. The van der Waals surface area contributed by atoms with Gasteiger partial charge in [-0.05, 0) is 41.8 Å². The number of anilines is 1. The predicted octanol–water partition coefficient (Wildman–Crippen LogP) is 3.83. The second-order valence-corrected chi connectivity index (χ2v) is 7.38. The van der Waals surface area contributed by atoms with Gasteiger partial charge in [-0.2, -0.15) is 0 Å². The van der Waals surface area contributed by atoms with Crippen LogP contribution < -0.4 is 4.31 Å². The molecule has 0 amide bonds. The van der Waals surface area contributed by atoms with Gasteiger partial charge in [0.05, 0.1) is 10.6 Å². The van der Waals surface area contributed by atoms with Gasteiger partial charge in [-0.1, -0.05) is 29.8 Å². The van der Waals surface area contributed by atoms with E-state index in [0.29, 0.717) is 17.1 Å². The Morgan fingerprint density at radius 3 is 2.67 bits per heavy atom. The Morgan fingerprint density at radius 2 is 1.90 bits per heavy atom. The Balaban J connectivity index is 2.06. The van der Waals surface area contributed by atoms with Crippen molar-refractivity contribution in [3.8, 4) is 0 Å². The van der Waals surface area contributed by atoms with Gasteiger partial charge in [0, 0.05) is 17.4 Å². The van der Waals surface area contributed by atoms with Crippen molar-refractivity contribution >= 4 is 38.9 Å². The largest absolute Gasteiger partial charge is 0.266 e. The Bertz CT molecular complexity index is 790. The summed E-state index contributed by atoms with van der Waals surface area (Å²) in [4.78, 5) is 0.222. The van der Waals surface area contributed by atoms with Gasteiger partial charge in [-0.25, -0.2) is 8.42 Å². The summed E-state index contributed by atoms with van der Waals surface area (Å²) in [7, 11) is -3.59. The molecule has 0 atom stereocenters. The first-order valence-corrected chi connectivity index (χ1v) is 8.84. The minimum atomic E-state index is -3.59. The maximum absolute atomic E-state index is 12.8. The summed E-state index contributed by atoms with van der Waals surface area (Å²) >= 11 is 11.8. The lowest BCUT2D eigenvalue weighted by atomic mass is 10.2. The van der Waals surface area contributed by atoms with Crippen molar-refractivity contribution in [1.29, 1.82) is 0 Å². The lowest BCUT2D eigenvalue weighted by Crippen LogP contribution is -2.29. The van der Waals surface area contributed by atoms with E-state index in [1.807, 2.05) is 24.3 Å². The molecule has 2 aromatic carbocycles. The zero-order valence-electron chi connectivity index (χ0n) is 11.1. The fourth-order valence-corrected chi connectivity index (χ4v) is 4.53. The molecule has 0 fully saturated rings. The van der Waals surface area contributed by atoms with Gasteiger partial charge in [-0.15, -0.1) is 11.6 Å². The average Bonchev–Trinajstić information content (AvgIpc) is 2.92.